The van der Waals surface area contributed by atoms with Gasteiger partial charge in [0.25, 0.3) is 0 Å². The molecule has 1 aliphatic heterocycles. The zero-order chi connectivity index (χ0) is 16.9. The number of carbonyl (C=O) groups is 1. The SMILES string of the molecule is CC(O)C1CCN(CC(=O)NCCc2nc3ccccc3s2)CC1. The molecule has 1 unspecified atom stereocenters. The van der Waals surface area contributed by atoms with Gasteiger partial charge in [-0.05, 0) is 50.9 Å². The zero-order valence-corrected chi connectivity index (χ0v) is 14.9. The van der Waals surface area contributed by atoms with Crippen molar-refractivity contribution in [3.05, 3.63) is 29.3 Å². The summed E-state index contributed by atoms with van der Waals surface area (Å²) in [5.41, 5.74) is 1.03. The van der Waals surface area contributed by atoms with E-state index in [1.807, 2.05) is 25.1 Å². The Balaban J connectivity index is 1.38. The van der Waals surface area contributed by atoms with E-state index < -0.39 is 0 Å². The largest absolute Gasteiger partial charge is 0.393 e. The molecule has 5 nitrogen and oxygen atoms in total. The van der Waals surface area contributed by atoms with Gasteiger partial charge < -0.3 is 10.4 Å². The molecule has 1 saturated heterocycles. The molecule has 1 amide bonds. The van der Waals surface area contributed by atoms with E-state index >= 15 is 0 Å². The van der Waals surface area contributed by atoms with Crippen LogP contribution in [-0.4, -0.2) is 53.2 Å². The summed E-state index contributed by atoms with van der Waals surface area (Å²) in [6.45, 7) is 4.71. The lowest BCUT2D eigenvalue weighted by Crippen LogP contribution is -2.43. The van der Waals surface area contributed by atoms with Crippen LogP contribution < -0.4 is 5.32 Å². The molecule has 24 heavy (non-hydrogen) atoms. The molecular formula is C18H25N3O2S. The number of aromatic nitrogens is 1. The summed E-state index contributed by atoms with van der Waals surface area (Å²) in [5.74, 6) is 0.454. The van der Waals surface area contributed by atoms with Gasteiger partial charge in [0.1, 0.15) is 0 Å². The second kappa shape index (κ2) is 8.05. The summed E-state index contributed by atoms with van der Waals surface area (Å²) in [6, 6.07) is 8.11. The zero-order valence-electron chi connectivity index (χ0n) is 14.1. The van der Waals surface area contributed by atoms with Gasteiger partial charge in [0.15, 0.2) is 0 Å². The van der Waals surface area contributed by atoms with Crippen molar-refractivity contribution >= 4 is 27.5 Å². The van der Waals surface area contributed by atoms with Crippen LogP contribution in [0.2, 0.25) is 0 Å². The molecule has 0 aliphatic carbocycles. The minimum atomic E-state index is -0.241. The van der Waals surface area contributed by atoms with Crippen molar-refractivity contribution in [3.63, 3.8) is 0 Å². The number of rotatable bonds is 6. The van der Waals surface area contributed by atoms with Crippen LogP contribution in [0.3, 0.4) is 0 Å². The van der Waals surface area contributed by atoms with Gasteiger partial charge in [-0.2, -0.15) is 0 Å². The average Bonchev–Trinajstić information content (AvgIpc) is 2.98. The first-order valence-electron chi connectivity index (χ1n) is 8.63. The van der Waals surface area contributed by atoms with Gasteiger partial charge in [-0.1, -0.05) is 12.1 Å². The summed E-state index contributed by atoms with van der Waals surface area (Å²) >= 11 is 1.69. The van der Waals surface area contributed by atoms with Crippen LogP contribution in [-0.2, 0) is 11.2 Å². The Morgan fingerprint density at radius 2 is 2.17 bits per heavy atom. The van der Waals surface area contributed by atoms with Gasteiger partial charge in [0.2, 0.25) is 5.91 Å². The number of nitrogens with one attached hydrogen (secondary N) is 1. The number of thiazole rings is 1. The molecule has 1 atom stereocenters. The van der Waals surface area contributed by atoms with Crippen LogP contribution in [0.4, 0.5) is 0 Å². The first-order valence-corrected chi connectivity index (χ1v) is 9.45. The van der Waals surface area contributed by atoms with Crippen molar-refractivity contribution in [1.29, 1.82) is 0 Å². The molecule has 3 rings (SSSR count). The summed E-state index contributed by atoms with van der Waals surface area (Å²) in [7, 11) is 0. The third kappa shape index (κ3) is 4.53. The van der Waals surface area contributed by atoms with Crippen LogP contribution in [0.5, 0.6) is 0 Å². The normalized spacial score (nSPS) is 17.9. The lowest BCUT2D eigenvalue weighted by molar-refractivity contribution is -0.122. The number of hydrogen-bond acceptors (Lipinski definition) is 5. The molecule has 1 aromatic heterocycles. The molecule has 0 spiro atoms. The maximum absolute atomic E-state index is 12.1. The Morgan fingerprint density at radius 3 is 2.88 bits per heavy atom. The molecule has 2 heterocycles. The number of hydrogen-bond donors (Lipinski definition) is 2. The molecule has 2 N–H and O–H groups in total. The fourth-order valence-electron chi connectivity index (χ4n) is 3.19. The molecule has 2 aromatic rings. The van der Waals surface area contributed by atoms with Crippen LogP contribution >= 0.6 is 11.3 Å². The predicted molar refractivity (Wildman–Crippen MR) is 97.2 cm³/mol. The highest BCUT2D eigenvalue weighted by atomic mass is 32.1. The van der Waals surface area contributed by atoms with E-state index in [2.05, 4.69) is 21.3 Å². The third-order valence-electron chi connectivity index (χ3n) is 4.68. The molecule has 0 bridgehead atoms. The second-order valence-electron chi connectivity index (χ2n) is 6.53. The Bertz CT molecular complexity index is 645. The number of nitrogens with zero attached hydrogens (tertiary/aromatic N) is 2. The smallest absolute Gasteiger partial charge is 0.234 e. The third-order valence-corrected chi connectivity index (χ3v) is 5.78. The number of benzene rings is 1. The number of aliphatic hydroxyl groups excluding tert-OH is 1. The van der Waals surface area contributed by atoms with E-state index in [0.29, 0.717) is 19.0 Å². The van der Waals surface area contributed by atoms with Crippen molar-refractivity contribution in [2.24, 2.45) is 5.92 Å². The van der Waals surface area contributed by atoms with Gasteiger partial charge in [-0.25, -0.2) is 4.98 Å². The van der Waals surface area contributed by atoms with Gasteiger partial charge in [0, 0.05) is 13.0 Å². The van der Waals surface area contributed by atoms with E-state index in [-0.39, 0.29) is 12.0 Å². The molecule has 6 heteroatoms. The molecule has 0 radical (unpaired) electrons. The molecule has 0 saturated carbocycles. The Labute approximate surface area is 146 Å². The maximum atomic E-state index is 12.1. The number of para-hydroxylation sites is 1. The highest BCUT2D eigenvalue weighted by molar-refractivity contribution is 7.18. The molecule has 1 fully saturated rings. The van der Waals surface area contributed by atoms with E-state index in [1.54, 1.807) is 11.3 Å². The van der Waals surface area contributed by atoms with E-state index in [1.165, 1.54) is 4.70 Å². The quantitative estimate of drug-likeness (QED) is 0.839. The average molecular weight is 347 g/mol. The van der Waals surface area contributed by atoms with Crippen LogP contribution in [0.25, 0.3) is 10.2 Å². The summed E-state index contributed by atoms with van der Waals surface area (Å²) in [4.78, 5) is 18.8. The molecule has 130 valence electrons. The highest BCUT2D eigenvalue weighted by Crippen LogP contribution is 2.22. The number of carbonyl (C=O) groups excluding carboxylic acids is 1. The number of piperidine rings is 1. The van der Waals surface area contributed by atoms with E-state index in [9.17, 15) is 9.90 Å². The number of fused-ring (bicyclic) bond motifs is 1. The minimum absolute atomic E-state index is 0.0756. The molecule has 1 aromatic carbocycles. The first kappa shape index (κ1) is 17.3. The minimum Gasteiger partial charge on any atom is -0.393 e. The molecular weight excluding hydrogens is 322 g/mol. The van der Waals surface area contributed by atoms with Crippen molar-refractivity contribution in [3.8, 4) is 0 Å². The number of likely N-dealkylation sites (tertiary alicyclic amines) is 1. The summed E-state index contributed by atoms with van der Waals surface area (Å²) in [5, 5.41) is 13.7. The Hall–Kier alpha value is -1.50. The maximum Gasteiger partial charge on any atom is 0.234 e. The van der Waals surface area contributed by atoms with E-state index in [4.69, 9.17) is 0 Å². The first-order chi connectivity index (χ1) is 11.6. The summed E-state index contributed by atoms with van der Waals surface area (Å²) < 4.78 is 1.19. The van der Waals surface area contributed by atoms with Crippen molar-refractivity contribution in [2.45, 2.75) is 32.3 Å². The highest BCUT2D eigenvalue weighted by Gasteiger charge is 2.23. The molecule has 1 aliphatic rings. The van der Waals surface area contributed by atoms with E-state index in [0.717, 1.165) is 42.9 Å². The van der Waals surface area contributed by atoms with Crippen LogP contribution in [0.1, 0.15) is 24.8 Å². The lowest BCUT2D eigenvalue weighted by Gasteiger charge is -2.32. The van der Waals surface area contributed by atoms with Crippen molar-refractivity contribution in [1.82, 2.24) is 15.2 Å². The van der Waals surface area contributed by atoms with Crippen molar-refractivity contribution < 1.29 is 9.90 Å². The Kier molecular flexibility index (Phi) is 5.81. The van der Waals surface area contributed by atoms with Crippen molar-refractivity contribution in [2.75, 3.05) is 26.2 Å². The number of aliphatic hydroxyl groups is 1. The topological polar surface area (TPSA) is 65.5 Å². The van der Waals surface area contributed by atoms with Gasteiger partial charge >= 0.3 is 0 Å². The fourth-order valence-corrected chi connectivity index (χ4v) is 4.15. The second-order valence-corrected chi connectivity index (χ2v) is 7.64. The predicted octanol–water partition coefficient (Wildman–Crippen LogP) is 2.05. The number of amides is 1. The van der Waals surface area contributed by atoms with Crippen LogP contribution in [0, 0.1) is 5.92 Å². The fraction of sp³-hybridized carbons (Fsp3) is 0.556. The van der Waals surface area contributed by atoms with Gasteiger partial charge in [0.05, 0.1) is 27.9 Å². The summed E-state index contributed by atoms with van der Waals surface area (Å²) in [6.07, 6.45) is 2.47. The lowest BCUT2D eigenvalue weighted by atomic mass is 9.92. The Morgan fingerprint density at radius 1 is 1.42 bits per heavy atom. The van der Waals surface area contributed by atoms with Gasteiger partial charge in [-0.3, -0.25) is 9.69 Å². The standard InChI is InChI=1S/C18H25N3O2S/c1-13(22)14-7-10-21(11-8-14)12-17(23)19-9-6-18-20-15-4-2-3-5-16(15)24-18/h2-5,13-14,22H,6-12H2,1H3,(H,19,23). The van der Waals surface area contributed by atoms with Crippen LogP contribution in [0.15, 0.2) is 24.3 Å². The van der Waals surface area contributed by atoms with Gasteiger partial charge in [-0.15, -0.1) is 11.3 Å². The monoisotopic (exact) mass is 347 g/mol.